The van der Waals surface area contributed by atoms with E-state index in [1.165, 1.54) is 11.3 Å². The van der Waals surface area contributed by atoms with E-state index in [9.17, 15) is 9.59 Å². The van der Waals surface area contributed by atoms with Crippen LogP contribution in [0.15, 0.2) is 29.4 Å². The van der Waals surface area contributed by atoms with E-state index in [1.807, 2.05) is 13.0 Å². The molecule has 0 unspecified atom stereocenters. The number of carbonyl (C=O) groups is 2. The van der Waals surface area contributed by atoms with E-state index in [4.69, 9.17) is 14.2 Å². The summed E-state index contributed by atoms with van der Waals surface area (Å²) < 4.78 is 20.5. The second-order valence-corrected chi connectivity index (χ2v) is 7.22. The van der Waals surface area contributed by atoms with Gasteiger partial charge in [-0.1, -0.05) is 11.3 Å². The van der Waals surface area contributed by atoms with Crippen molar-refractivity contribution in [1.82, 2.24) is 14.3 Å². The van der Waals surface area contributed by atoms with Gasteiger partial charge in [0.1, 0.15) is 19.8 Å². The molecule has 152 valence electrons. The van der Waals surface area contributed by atoms with Gasteiger partial charge in [-0.15, -0.1) is 0 Å². The van der Waals surface area contributed by atoms with Gasteiger partial charge in [0, 0.05) is 24.9 Å². The molecule has 1 aliphatic heterocycles. The Bertz CT molecular complexity index is 1140. The zero-order chi connectivity index (χ0) is 20.4. The van der Waals surface area contributed by atoms with E-state index in [0.29, 0.717) is 36.1 Å². The van der Waals surface area contributed by atoms with Gasteiger partial charge in [-0.2, -0.15) is 10.1 Å². The Morgan fingerprint density at radius 2 is 2.00 bits per heavy atom. The molecular weight excluding hydrogens is 396 g/mol. The second-order valence-electron chi connectivity index (χ2n) is 6.21. The number of aryl methyl sites for hydroxylation is 1. The van der Waals surface area contributed by atoms with Crippen LogP contribution in [0.25, 0.3) is 10.2 Å². The smallest absolute Gasteiger partial charge is 0.326 e. The van der Waals surface area contributed by atoms with Crippen molar-refractivity contribution in [3.63, 3.8) is 0 Å². The normalized spacial score (nSPS) is 13.7. The first-order chi connectivity index (χ1) is 14.1. The summed E-state index contributed by atoms with van der Waals surface area (Å²) in [6.07, 6.45) is 1.73. The van der Waals surface area contributed by atoms with Gasteiger partial charge < -0.3 is 18.8 Å². The molecule has 1 aliphatic rings. The molecular formula is C19H20N4O5S. The van der Waals surface area contributed by atoms with Crippen molar-refractivity contribution < 1.29 is 23.8 Å². The Morgan fingerprint density at radius 1 is 1.24 bits per heavy atom. The lowest BCUT2D eigenvalue weighted by Gasteiger charge is -2.18. The van der Waals surface area contributed by atoms with Gasteiger partial charge in [-0.3, -0.25) is 14.3 Å². The molecule has 3 heterocycles. The molecule has 1 aromatic carbocycles. The number of carbonyl (C=O) groups excluding carboxylic acids is 2. The van der Waals surface area contributed by atoms with E-state index < -0.39 is 11.9 Å². The molecule has 0 radical (unpaired) electrons. The number of aromatic nitrogens is 3. The van der Waals surface area contributed by atoms with Gasteiger partial charge in [0.05, 0.1) is 16.8 Å². The van der Waals surface area contributed by atoms with Gasteiger partial charge in [-0.25, -0.2) is 0 Å². The Hall–Kier alpha value is -3.14. The number of thiazole rings is 1. The van der Waals surface area contributed by atoms with E-state index in [1.54, 1.807) is 34.5 Å². The van der Waals surface area contributed by atoms with E-state index >= 15 is 0 Å². The number of amides is 1. The summed E-state index contributed by atoms with van der Waals surface area (Å²) in [6.45, 7) is 5.47. The van der Waals surface area contributed by atoms with Gasteiger partial charge in [-0.05, 0) is 19.9 Å². The summed E-state index contributed by atoms with van der Waals surface area (Å²) >= 11 is 1.29. The molecule has 4 rings (SSSR count). The number of fused-ring (bicyclic) bond motifs is 2. The molecule has 0 N–H and O–H groups in total. The van der Waals surface area contributed by atoms with Crippen molar-refractivity contribution >= 4 is 33.4 Å². The lowest BCUT2D eigenvalue weighted by molar-refractivity contribution is -0.143. The number of nitrogens with zero attached hydrogens (tertiary/aromatic N) is 4. The van der Waals surface area contributed by atoms with Crippen molar-refractivity contribution in [1.29, 1.82) is 0 Å². The van der Waals surface area contributed by atoms with Crippen LogP contribution >= 0.6 is 11.3 Å². The van der Waals surface area contributed by atoms with Crippen LogP contribution in [0.5, 0.6) is 11.5 Å². The lowest BCUT2D eigenvalue weighted by Crippen LogP contribution is -2.23. The predicted molar refractivity (Wildman–Crippen MR) is 105 cm³/mol. The molecule has 0 fully saturated rings. The molecule has 1 amide bonds. The summed E-state index contributed by atoms with van der Waals surface area (Å²) in [4.78, 5) is 29.4. The number of ether oxygens (including phenoxy) is 3. The van der Waals surface area contributed by atoms with Crippen LogP contribution in [0.1, 0.15) is 24.3 Å². The van der Waals surface area contributed by atoms with Crippen molar-refractivity contribution in [2.75, 3.05) is 19.8 Å². The predicted octanol–water partition coefficient (Wildman–Crippen LogP) is 1.99. The molecule has 3 aromatic rings. The Balaban J connectivity index is 1.82. The minimum atomic E-state index is -0.473. The summed E-state index contributed by atoms with van der Waals surface area (Å²) in [5.74, 6) is 0.344. The number of rotatable bonds is 5. The highest BCUT2D eigenvalue weighted by Crippen LogP contribution is 2.35. The molecule has 0 saturated carbocycles. The van der Waals surface area contributed by atoms with E-state index in [-0.39, 0.29) is 18.8 Å². The molecule has 0 atom stereocenters. The summed E-state index contributed by atoms with van der Waals surface area (Å²) in [7, 11) is 0. The van der Waals surface area contributed by atoms with Gasteiger partial charge in [0.2, 0.25) is 0 Å². The quantitative estimate of drug-likeness (QED) is 0.590. The maximum Gasteiger partial charge on any atom is 0.326 e. The largest absolute Gasteiger partial charge is 0.486 e. The van der Waals surface area contributed by atoms with Crippen LogP contribution < -0.4 is 14.3 Å². The fourth-order valence-corrected chi connectivity index (χ4v) is 4.01. The fourth-order valence-electron chi connectivity index (χ4n) is 2.98. The maximum atomic E-state index is 12.6. The monoisotopic (exact) mass is 416 g/mol. The zero-order valence-corrected chi connectivity index (χ0v) is 16.9. The molecule has 29 heavy (non-hydrogen) atoms. The molecule has 0 spiro atoms. The van der Waals surface area contributed by atoms with Gasteiger partial charge in [0.15, 0.2) is 22.0 Å². The first kappa shape index (κ1) is 19.2. The van der Waals surface area contributed by atoms with Gasteiger partial charge >= 0.3 is 5.97 Å². The molecule has 10 heteroatoms. The molecule has 0 bridgehead atoms. The summed E-state index contributed by atoms with van der Waals surface area (Å²) in [5, 5.41) is 4.20. The molecule has 2 aromatic heterocycles. The highest BCUT2D eigenvalue weighted by atomic mass is 32.1. The number of hydrogen-bond acceptors (Lipinski definition) is 7. The van der Waals surface area contributed by atoms with Crippen molar-refractivity contribution in [3.8, 4) is 11.5 Å². The first-order valence-corrected chi connectivity index (χ1v) is 10.1. The standard InChI is InChI=1S/C19H20N4O5S/c1-3-22-6-5-12(21-22)18(25)20-19-23(11-17(24)26-4-2)13-9-14-15(10-16(13)29-19)28-8-7-27-14/h5-6,9-10H,3-4,7-8,11H2,1-2H3. The van der Waals surface area contributed by atoms with Crippen LogP contribution in [0, 0.1) is 0 Å². The van der Waals surface area contributed by atoms with Crippen molar-refractivity contribution in [3.05, 3.63) is 34.9 Å². The summed E-state index contributed by atoms with van der Waals surface area (Å²) in [6, 6.07) is 5.26. The van der Waals surface area contributed by atoms with Gasteiger partial charge in [0.25, 0.3) is 5.91 Å². The third-order valence-corrected chi connectivity index (χ3v) is 5.36. The molecule has 9 nitrogen and oxygen atoms in total. The van der Waals surface area contributed by atoms with Crippen LogP contribution in [-0.2, 0) is 22.6 Å². The SMILES string of the molecule is CCOC(=O)Cn1c(=NC(=O)c2ccn(CC)n2)sc2cc3c(cc21)OCCO3. The number of hydrogen-bond donors (Lipinski definition) is 0. The fraction of sp³-hybridized carbons (Fsp3) is 0.368. The first-order valence-electron chi connectivity index (χ1n) is 9.30. The average Bonchev–Trinajstić information content (AvgIpc) is 3.32. The minimum absolute atomic E-state index is 0.0665. The summed E-state index contributed by atoms with van der Waals surface area (Å²) in [5.41, 5.74) is 0.968. The highest BCUT2D eigenvalue weighted by molar-refractivity contribution is 7.16. The van der Waals surface area contributed by atoms with Crippen LogP contribution in [0.2, 0.25) is 0 Å². The second kappa shape index (κ2) is 8.08. The number of benzene rings is 1. The van der Waals surface area contributed by atoms with Crippen molar-refractivity contribution in [2.24, 2.45) is 4.99 Å². The van der Waals surface area contributed by atoms with Crippen LogP contribution in [0.4, 0.5) is 0 Å². The zero-order valence-electron chi connectivity index (χ0n) is 16.1. The van der Waals surface area contributed by atoms with Crippen LogP contribution in [-0.4, -0.2) is 46.0 Å². The Labute approximate surface area is 170 Å². The van der Waals surface area contributed by atoms with Crippen molar-refractivity contribution in [2.45, 2.75) is 26.9 Å². The molecule has 0 aliphatic carbocycles. The third kappa shape index (κ3) is 3.88. The van der Waals surface area contributed by atoms with Crippen LogP contribution in [0.3, 0.4) is 0 Å². The highest BCUT2D eigenvalue weighted by Gasteiger charge is 2.19. The van der Waals surface area contributed by atoms with E-state index in [2.05, 4.69) is 10.1 Å². The molecule has 0 saturated heterocycles. The maximum absolute atomic E-state index is 12.6. The topological polar surface area (TPSA) is 96.9 Å². The Morgan fingerprint density at radius 3 is 2.69 bits per heavy atom. The van der Waals surface area contributed by atoms with E-state index in [0.717, 1.165) is 10.2 Å². The lowest BCUT2D eigenvalue weighted by atomic mass is 10.2. The number of esters is 1. The minimum Gasteiger partial charge on any atom is -0.486 e. The Kier molecular flexibility index (Phi) is 5.34. The average molecular weight is 416 g/mol. The third-order valence-electron chi connectivity index (χ3n) is 4.32.